The summed E-state index contributed by atoms with van der Waals surface area (Å²) in [6, 6.07) is 7.37. The highest BCUT2D eigenvalue weighted by molar-refractivity contribution is 6.29. The molecule has 0 saturated heterocycles. The number of aromatic nitrogens is 1. The third-order valence-electron chi connectivity index (χ3n) is 5.65. The molecule has 1 aliphatic rings. The first-order chi connectivity index (χ1) is 15.2. The average molecular weight is 446 g/mol. The van der Waals surface area contributed by atoms with Crippen LogP contribution in [0.3, 0.4) is 0 Å². The Morgan fingerprint density at radius 1 is 1.19 bits per heavy atom. The molecule has 3 aromatic rings. The van der Waals surface area contributed by atoms with E-state index < -0.39 is 0 Å². The van der Waals surface area contributed by atoms with Crippen molar-refractivity contribution in [1.82, 2.24) is 4.98 Å². The Kier molecular flexibility index (Phi) is 5.61. The van der Waals surface area contributed by atoms with E-state index in [1.807, 2.05) is 39.0 Å². The molecule has 1 unspecified atom stereocenters. The van der Waals surface area contributed by atoms with Gasteiger partial charge in [-0.1, -0.05) is 24.2 Å². The number of nitrogens with zero attached hydrogens (tertiary/aromatic N) is 1. The summed E-state index contributed by atoms with van der Waals surface area (Å²) in [4.78, 5) is 17.6. The molecule has 6 heteroatoms. The fourth-order valence-electron chi connectivity index (χ4n) is 3.89. The number of aryl methyl sites for hydroxylation is 2. The van der Waals surface area contributed by atoms with Gasteiger partial charge in [-0.25, -0.2) is 4.98 Å². The molecular formula is C26H24ClN3O2. The van der Waals surface area contributed by atoms with Gasteiger partial charge in [0.2, 0.25) is 0 Å². The summed E-state index contributed by atoms with van der Waals surface area (Å²) in [5.74, 6) is 0.494. The number of rotatable bonds is 4. The lowest BCUT2D eigenvalue weighted by Gasteiger charge is -2.20. The lowest BCUT2D eigenvalue weighted by molar-refractivity contribution is 0.574. The van der Waals surface area contributed by atoms with Crippen LogP contribution in [0.1, 0.15) is 41.1 Å². The zero-order chi connectivity index (χ0) is 23.2. The van der Waals surface area contributed by atoms with Gasteiger partial charge >= 0.3 is 0 Å². The first-order valence-electron chi connectivity index (χ1n) is 10.3. The average Bonchev–Trinajstić information content (AvgIpc) is 2.74. The van der Waals surface area contributed by atoms with Crippen LogP contribution in [0.25, 0.3) is 16.5 Å². The van der Waals surface area contributed by atoms with Crippen molar-refractivity contribution in [2.45, 2.75) is 33.7 Å². The van der Waals surface area contributed by atoms with Crippen LogP contribution in [0, 0.1) is 26.2 Å². The molecule has 5 nitrogen and oxygen atoms in total. The topological polar surface area (TPSA) is 79.0 Å². The summed E-state index contributed by atoms with van der Waals surface area (Å²) in [6.45, 7) is 11.6. The van der Waals surface area contributed by atoms with E-state index in [1.165, 1.54) is 0 Å². The molecule has 162 valence electrons. The maximum atomic E-state index is 13.3. The van der Waals surface area contributed by atoms with Crippen molar-refractivity contribution >= 4 is 39.5 Å². The summed E-state index contributed by atoms with van der Waals surface area (Å²) in [7, 11) is 0. The van der Waals surface area contributed by atoms with Crippen LogP contribution in [0.15, 0.2) is 63.9 Å². The fourth-order valence-corrected chi connectivity index (χ4v) is 4.08. The van der Waals surface area contributed by atoms with Gasteiger partial charge in [-0.3, -0.25) is 4.79 Å². The predicted molar refractivity (Wildman–Crippen MR) is 132 cm³/mol. The molecule has 2 aromatic heterocycles. The Labute approximate surface area is 191 Å². The highest BCUT2D eigenvalue weighted by atomic mass is 35.5. The number of pyridine rings is 1. The third kappa shape index (κ3) is 3.92. The van der Waals surface area contributed by atoms with Crippen molar-refractivity contribution in [2.24, 2.45) is 0 Å². The molecule has 2 N–H and O–H groups in total. The first kappa shape index (κ1) is 21.8. The van der Waals surface area contributed by atoms with E-state index in [0.717, 1.165) is 28.1 Å². The van der Waals surface area contributed by atoms with Gasteiger partial charge in [0, 0.05) is 16.7 Å². The summed E-state index contributed by atoms with van der Waals surface area (Å²) in [5, 5.41) is 12.3. The van der Waals surface area contributed by atoms with Crippen LogP contribution >= 0.6 is 11.6 Å². The molecule has 32 heavy (non-hydrogen) atoms. The van der Waals surface area contributed by atoms with Crippen LogP contribution in [-0.2, 0) is 0 Å². The number of hydrogen-bond acceptors (Lipinski definition) is 5. The van der Waals surface area contributed by atoms with Crippen molar-refractivity contribution < 1.29 is 4.42 Å². The van der Waals surface area contributed by atoms with Crippen LogP contribution in [0.4, 0.5) is 5.69 Å². The summed E-state index contributed by atoms with van der Waals surface area (Å²) < 4.78 is 6.38. The lowest BCUT2D eigenvalue weighted by atomic mass is 9.95. The maximum Gasteiger partial charge on any atom is 0.196 e. The molecule has 1 aliphatic carbocycles. The zero-order valence-corrected chi connectivity index (χ0v) is 19.2. The van der Waals surface area contributed by atoms with Crippen molar-refractivity contribution in [3.8, 4) is 0 Å². The number of anilines is 1. The molecule has 0 spiro atoms. The second-order valence-electron chi connectivity index (χ2n) is 8.12. The summed E-state index contributed by atoms with van der Waals surface area (Å²) in [6.07, 6.45) is 5.22. The van der Waals surface area contributed by atoms with E-state index in [4.69, 9.17) is 21.4 Å². The second kappa shape index (κ2) is 8.24. The van der Waals surface area contributed by atoms with Crippen molar-refractivity contribution in [3.63, 3.8) is 0 Å². The normalized spacial score (nSPS) is 14.6. The number of nitrogens with one attached hydrogen (secondary N) is 2. The molecule has 1 atom stereocenters. The molecule has 0 radical (unpaired) electrons. The Balaban J connectivity index is 1.88. The minimum atomic E-state index is -0.156. The Bertz CT molecular complexity index is 1410. The lowest BCUT2D eigenvalue weighted by Crippen LogP contribution is -2.14. The monoisotopic (exact) mass is 445 g/mol. The molecule has 0 bridgehead atoms. The molecule has 4 rings (SSSR count). The van der Waals surface area contributed by atoms with E-state index >= 15 is 0 Å². The standard InChI is InChI=1S/C26H24ClN3O2/c1-13-10-19(16(4)29-22-8-9-23(27)30-17(22)5)26-20(11-13)24(31)15(3)25(32-26)18-6-7-21(28)14(2)12-18/h6-12,16,28-29H,2H2,1,3-5H3. The molecular weight excluding hydrogens is 422 g/mol. The predicted octanol–water partition coefficient (Wildman–Crippen LogP) is 6.47. The largest absolute Gasteiger partial charge is 0.455 e. The van der Waals surface area contributed by atoms with Crippen LogP contribution < -0.4 is 10.7 Å². The Morgan fingerprint density at radius 2 is 1.94 bits per heavy atom. The Hall–Kier alpha value is -3.44. The fraction of sp³-hybridized carbons (Fsp3) is 0.192. The number of hydrogen-bond donors (Lipinski definition) is 2. The van der Waals surface area contributed by atoms with Crippen molar-refractivity contribution in [1.29, 1.82) is 5.41 Å². The van der Waals surface area contributed by atoms with E-state index in [-0.39, 0.29) is 11.5 Å². The van der Waals surface area contributed by atoms with E-state index in [9.17, 15) is 4.79 Å². The van der Waals surface area contributed by atoms with Crippen LogP contribution in [-0.4, -0.2) is 10.7 Å². The van der Waals surface area contributed by atoms with Gasteiger partial charge < -0.3 is 15.1 Å². The van der Waals surface area contributed by atoms with E-state index in [1.54, 1.807) is 31.2 Å². The quantitative estimate of drug-likeness (QED) is 0.451. The highest BCUT2D eigenvalue weighted by Crippen LogP contribution is 2.32. The third-order valence-corrected chi connectivity index (χ3v) is 5.86. The van der Waals surface area contributed by atoms with Crippen LogP contribution in [0.5, 0.6) is 0 Å². The number of halogens is 1. The molecule has 0 aliphatic heterocycles. The van der Waals surface area contributed by atoms with Gasteiger partial charge in [0.1, 0.15) is 16.5 Å². The van der Waals surface area contributed by atoms with Gasteiger partial charge in [-0.2, -0.15) is 0 Å². The number of fused-ring (bicyclic) bond motifs is 1. The van der Waals surface area contributed by atoms with Crippen molar-refractivity contribution in [2.75, 3.05) is 5.32 Å². The van der Waals surface area contributed by atoms with Gasteiger partial charge in [0.25, 0.3) is 0 Å². The van der Waals surface area contributed by atoms with Gasteiger partial charge in [0.05, 0.1) is 28.5 Å². The molecule has 0 saturated carbocycles. The number of allylic oxidation sites excluding steroid dienone is 5. The number of benzene rings is 1. The van der Waals surface area contributed by atoms with E-state index in [2.05, 4.69) is 16.9 Å². The minimum Gasteiger partial charge on any atom is -0.455 e. The molecule has 0 amide bonds. The van der Waals surface area contributed by atoms with Gasteiger partial charge in [-0.05, 0) is 75.3 Å². The molecule has 0 fully saturated rings. The SMILES string of the molecule is C=C1C=C(c2oc3c(C(C)Nc4ccc(Cl)nc4C)cc(C)cc3c(=O)c2C)C=CC1=N. The van der Waals surface area contributed by atoms with E-state index in [0.29, 0.717) is 38.7 Å². The highest BCUT2D eigenvalue weighted by Gasteiger charge is 2.20. The first-order valence-corrected chi connectivity index (χ1v) is 10.7. The van der Waals surface area contributed by atoms with Crippen LogP contribution in [0.2, 0.25) is 5.15 Å². The summed E-state index contributed by atoms with van der Waals surface area (Å²) in [5.41, 5.74) is 6.16. The summed E-state index contributed by atoms with van der Waals surface area (Å²) >= 11 is 5.99. The van der Waals surface area contributed by atoms with Gasteiger partial charge in [-0.15, -0.1) is 0 Å². The zero-order valence-electron chi connectivity index (χ0n) is 18.5. The second-order valence-corrected chi connectivity index (χ2v) is 8.51. The van der Waals surface area contributed by atoms with Crippen molar-refractivity contribution in [3.05, 3.63) is 98.2 Å². The van der Waals surface area contributed by atoms with Gasteiger partial charge in [0.15, 0.2) is 5.43 Å². The maximum absolute atomic E-state index is 13.3. The smallest absolute Gasteiger partial charge is 0.196 e. The molecule has 1 aromatic carbocycles. The molecule has 2 heterocycles. The Morgan fingerprint density at radius 3 is 2.62 bits per heavy atom. The minimum absolute atomic E-state index is 0.0664.